The van der Waals surface area contributed by atoms with E-state index < -0.39 is 29.4 Å². The second kappa shape index (κ2) is 6.47. The summed E-state index contributed by atoms with van der Waals surface area (Å²) in [6, 6.07) is 8.36. The number of benzene rings is 2. The van der Waals surface area contributed by atoms with Crippen molar-refractivity contribution in [2.24, 2.45) is 0 Å². The standard InChI is InChI=1S/C15H10F4N2O2/c16-10-3-7-12(8-4-10)21-14(23)13(22)20-11-5-1-9(2-6-11)15(17,18)19/h1-8H,(H,20,22)(H,21,23). The molecule has 0 saturated heterocycles. The third-order valence-corrected chi connectivity index (χ3v) is 2.78. The lowest BCUT2D eigenvalue weighted by atomic mass is 10.2. The molecule has 0 bridgehead atoms. The lowest BCUT2D eigenvalue weighted by Crippen LogP contribution is -2.29. The Balaban J connectivity index is 1.98. The van der Waals surface area contributed by atoms with Gasteiger partial charge in [0.15, 0.2) is 0 Å². The predicted octanol–water partition coefficient (Wildman–Crippen LogP) is 3.42. The monoisotopic (exact) mass is 326 g/mol. The molecule has 0 aliphatic heterocycles. The minimum Gasteiger partial charge on any atom is -0.318 e. The zero-order valence-corrected chi connectivity index (χ0v) is 11.4. The number of carbonyl (C=O) groups excluding carboxylic acids is 2. The van der Waals surface area contributed by atoms with E-state index in [9.17, 15) is 27.2 Å². The summed E-state index contributed by atoms with van der Waals surface area (Å²) in [4.78, 5) is 23.3. The van der Waals surface area contributed by atoms with Gasteiger partial charge in [0.2, 0.25) is 0 Å². The molecule has 0 fully saturated rings. The fourth-order valence-corrected chi connectivity index (χ4v) is 1.65. The third kappa shape index (κ3) is 4.53. The van der Waals surface area contributed by atoms with E-state index in [0.29, 0.717) is 0 Å². The Bertz CT molecular complexity index is 710. The highest BCUT2D eigenvalue weighted by Crippen LogP contribution is 2.29. The van der Waals surface area contributed by atoms with Crippen LogP contribution in [-0.4, -0.2) is 11.8 Å². The van der Waals surface area contributed by atoms with Gasteiger partial charge in [-0.15, -0.1) is 0 Å². The number of hydrogen-bond acceptors (Lipinski definition) is 2. The molecule has 0 heterocycles. The average molecular weight is 326 g/mol. The summed E-state index contributed by atoms with van der Waals surface area (Å²) in [5.74, 6) is -2.59. The first-order valence-corrected chi connectivity index (χ1v) is 6.31. The maximum atomic E-state index is 12.7. The van der Waals surface area contributed by atoms with Crippen LogP contribution >= 0.6 is 0 Å². The van der Waals surface area contributed by atoms with Gasteiger partial charge in [-0.3, -0.25) is 9.59 Å². The molecular formula is C15H10F4N2O2. The summed E-state index contributed by atoms with van der Waals surface area (Å²) in [5, 5.41) is 4.39. The van der Waals surface area contributed by atoms with E-state index in [1.807, 2.05) is 0 Å². The SMILES string of the molecule is O=C(Nc1ccc(F)cc1)C(=O)Nc1ccc(C(F)(F)F)cc1. The van der Waals surface area contributed by atoms with Crippen molar-refractivity contribution in [2.45, 2.75) is 6.18 Å². The lowest BCUT2D eigenvalue weighted by Gasteiger charge is -2.09. The van der Waals surface area contributed by atoms with Gasteiger partial charge in [0, 0.05) is 11.4 Å². The van der Waals surface area contributed by atoms with Gasteiger partial charge in [0.05, 0.1) is 5.56 Å². The number of rotatable bonds is 2. The van der Waals surface area contributed by atoms with Crippen molar-refractivity contribution in [3.8, 4) is 0 Å². The number of alkyl halides is 3. The van der Waals surface area contributed by atoms with E-state index in [-0.39, 0.29) is 11.4 Å². The maximum Gasteiger partial charge on any atom is 0.416 e. The molecule has 0 atom stereocenters. The number of carbonyl (C=O) groups is 2. The normalized spacial score (nSPS) is 11.0. The Morgan fingerprint density at radius 2 is 1.13 bits per heavy atom. The summed E-state index contributed by atoms with van der Waals surface area (Å²) in [6.07, 6.45) is -4.48. The predicted molar refractivity (Wildman–Crippen MR) is 75.1 cm³/mol. The molecule has 120 valence electrons. The van der Waals surface area contributed by atoms with E-state index >= 15 is 0 Å². The second-order valence-corrected chi connectivity index (χ2v) is 4.49. The minimum atomic E-state index is -4.48. The molecule has 0 aliphatic rings. The molecule has 0 aliphatic carbocycles. The van der Waals surface area contributed by atoms with Crippen LogP contribution in [0.1, 0.15) is 5.56 Å². The van der Waals surface area contributed by atoms with Gasteiger partial charge in [-0.1, -0.05) is 0 Å². The molecule has 2 aromatic carbocycles. The molecule has 23 heavy (non-hydrogen) atoms. The molecule has 8 heteroatoms. The maximum absolute atomic E-state index is 12.7. The molecule has 0 radical (unpaired) electrons. The first-order valence-electron chi connectivity index (χ1n) is 6.31. The summed E-state index contributed by atoms with van der Waals surface area (Å²) < 4.78 is 49.9. The van der Waals surface area contributed by atoms with Gasteiger partial charge in [-0.25, -0.2) is 4.39 Å². The topological polar surface area (TPSA) is 58.2 Å². The van der Waals surface area contributed by atoms with Crippen LogP contribution in [0.3, 0.4) is 0 Å². The van der Waals surface area contributed by atoms with Gasteiger partial charge in [-0.05, 0) is 48.5 Å². The Labute approximate surface area is 128 Å². The molecule has 0 aromatic heterocycles. The van der Waals surface area contributed by atoms with E-state index in [2.05, 4.69) is 10.6 Å². The van der Waals surface area contributed by atoms with Crippen molar-refractivity contribution in [2.75, 3.05) is 10.6 Å². The van der Waals surface area contributed by atoms with Crippen molar-refractivity contribution in [1.29, 1.82) is 0 Å². The van der Waals surface area contributed by atoms with Crippen LogP contribution in [-0.2, 0) is 15.8 Å². The molecule has 2 aromatic rings. The Morgan fingerprint density at radius 3 is 1.52 bits per heavy atom. The second-order valence-electron chi connectivity index (χ2n) is 4.49. The zero-order chi connectivity index (χ0) is 17.0. The molecule has 4 nitrogen and oxygen atoms in total. The fraction of sp³-hybridized carbons (Fsp3) is 0.0667. The van der Waals surface area contributed by atoms with Crippen LogP contribution < -0.4 is 10.6 Å². The van der Waals surface area contributed by atoms with Crippen LogP contribution in [0.2, 0.25) is 0 Å². The molecule has 2 rings (SSSR count). The highest BCUT2D eigenvalue weighted by Gasteiger charge is 2.30. The Morgan fingerprint density at radius 1 is 0.739 bits per heavy atom. The summed E-state index contributed by atoms with van der Waals surface area (Å²) in [5.41, 5.74) is -0.623. The first-order chi connectivity index (χ1) is 10.8. The van der Waals surface area contributed by atoms with Gasteiger partial charge < -0.3 is 10.6 Å². The molecule has 0 spiro atoms. The van der Waals surface area contributed by atoms with Crippen LogP contribution in [0.4, 0.5) is 28.9 Å². The van der Waals surface area contributed by atoms with Crippen LogP contribution in [0.25, 0.3) is 0 Å². The summed E-state index contributed by atoms with van der Waals surface area (Å²) in [6.45, 7) is 0. The van der Waals surface area contributed by atoms with E-state index in [4.69, 9.17) is 0 Å². The minimum absolute atomic E-state index is 0.0391. The Hall–Kier alpha value is -2.90. The number of hydrogen-bond donors (Lipinski definition) is 2. The van der Waals surface area contributed by atoms with E-state index in [1.54, 1.807) is 0 Å². The molecule has 0 unspecified atom stereocenters. The van der Waals surface area contributed by atoms with Crippen LogP contribution in [0.5, 0.6) is 0 Å². The fourth-order valence-electron chi connectivity index (χ4n) is 1.65. The summed E-state index contributed by atoms with van der Waals surface area (Å²) >= 11 is 0. The van der Waals surface area contributed by atoms with Crippen molar-refractivity contribution in [1.82, 2.24) is 0 Å². The molecule has 0 saturated carbocycles. The Kier molecular flexibility index (Phi) is 4.63. The highest BCUT2D eigenvalue weighted by atomic mass is 19.4. The van der Waals surface area contributed by atoms with E-state index in [1.165, 1.54) is 12.1 Å². The van der Waals surface area contributed by atoms with Gasteiger partial charge in [0.25, 0.3) is 0 Å². The van der Waals surface area contributed by atoms with Crippen molar-refractivity contribution in [3.05, 3.63) is 59.9 Å². The lowest BCUT2D eigenvalue weighted by molar-refractivity contribution is -0.137. The van der Waals surface area contributed by atoms with Crippen molar-refractivity contribution < 1.29 is 27.2 Å². The quantitative estimate of drug-likeness (QED) is 0.656. The molecule has 2 amide bonds. The van der Waals surface area contributed by atoms with Crippen molar-refractivity contribution in [3.63, 3.8) is 0 Å². The number of amides is 2. The zero-order valence-electron chi connectivity index (χ0n) is 11.4. The number of anilines is 2. The van der Waals surface area contributed by atoms with Gasteiger partial charge >= 0.3 is 18.0 Å². The van der Waals surface area contributed by atoms with Gasteiger partial charge in [0.1, 0.15) is 5.82 Å². The molecule has 2 N–H and O–H groups in total. The van der Waals surface area contributed by atoms with Crippen molar-refractivity contribution >= 4 is 23.2 Å². The number of nitrogens with one attached hydrogen (secondary N) is 2. The largest absolute Gasteiger partial charge is 0.416 e. The molecular weight excluding hydrogens is 316 g/mol. The van der Waals surface area contributed by atoms with E-state index in [0.717, 1.165) is 36.4 Å². The third-order valence-electron chi connectivity index (χ3n) is 2.78. The van der Waals surface area contributed by atoms with Gasteiger partial charge in [-0.2, -0.15) is 13.2 Å². The first kappa shape index (κ1) is 16.5. The summed E-state index contributed by atoms with van der Waals surface area (Å²) in [7, 11) is 0. The van der Waals surface area contributed by atoms with Crippen LogP contribution in [0, 0.1) is 5.82 Å². The van der Waals surface area contributed by atoms with Crippen LogP contribution in [0.15, 0.2) is 48.5 Å². The highest BCUT2D eigenvalue weighted by molar-refractivity contribution is 6.43. The smallest absolute Gasteiger partial charge is 0.318 e. The average Bonchev–Trinajstić information content (AvgIpc) is 2.49. The number of halogens is 4.